The minimum absolute atomic E-state index is 0.120. The van der Waals surface area contributed by atoms with Gasteiger partial charge in [0.15, 0.2) is 0 Å². The second-order valence-electron chi connectivity index (χ2n) is 5.33. The van der Waals surface area contributed by atoms with Crippen molar-refractivity contribution in [2.75, 3.05) is 14.1 Å². The molecular weight excluding hydrogens is 262 g/mol. The third-order valence-electron chi connectivity index (χ3n) is 4.10. The first-order valence-electron chi connectivity index (χ1n) is 6.72. The minimum Gasteiger partial charge on any atom is -0.356 e. The first-order chi connectivity index (χ1) is 8.95. The van der Waals surface area contributed by atoms with E-state index in [2.05, 4.69) is 5.32 Å². The van der Waals surface area contributed by atoms with Crippen molar-refractivity contribution in [2.45, 2.75) is 42.7 Å². The third kappa shape index (κ3) is 3.01. The molecule has 1 aromatic heterocycles. The fraction of sp³-hybridized carbons (Fsp3) is 0.692. The molecule has 6 heteroatoms. The number of hydrogen-bond acceptors (Lipinski definition) is 3. The summed E-state index contributed by atoms with van der Waals surface area (Å²) in [5.74, 6) is 0. The molecule has 0 amide bonds. The van der Waals surface area contributed by atoms with E-state index in [1.54, 1.807) is 34.4 Å². The van der Waals surface area contributed by atoms with Gasteiger partial charge in [-0.1, -0.05) is 0 Å². The number of nitrogens with zero attached hydrogens (tertiary/aromatic N) is 2. The maximum Gasteiger partial charge on any atom is 0.244 e. The fourth-order valence-electron chi connectivity index (χ4n) is 2.72. The molecule has 0 unspecified atom stereocenters. The van der Waals surface area contributed by atoms with Crippen molar-refractivity contribution in [2.24, 2.45) is 7.05 Å². The van der Waals surface area contributed by atoms with Gasteiger partial charge in [0.2, 0.25) is 10.0 Å². The minimum atomic E-state index is -3.35. The summed E-state index contributed by atoms with van der Waals surface area (Å²) in [6.07, 6.45) is 7.34. The van der Waals surface area contributed by atoms with E-state index in [1.807, 2.05) is 14.1 Å². The molecule has 1 aliphatic carbocycles. The Morgan fingerprint density at radius 1 is 1.32 bits per heavy atom. The Morgan fingerprint density at radius 3 is 2.42 bits per heavy atom. The van der Waals surface area contributed by atoms with Gasteiger partial charge in [0, 0.05) is 38.6 Å². The monoisotopic (exact) mass is 285 g/mol. The summed E-state index contributed by atoms with van der Waals surface area (Å²) in [6.45, 7) is 0. The highest BCUT2D eigenvalue weighted by Crippen LogP contribution is 2.26. The Morgan fingerprint density at radius 2 is 1.95 bits per heavy atom. The predicted molar refractivity (Wildman–Crippen MR) is 75.5 cm³/mol. The van der Waals surface area contributed by atoms with Gasteiger partial charge in [-0.3, -0.25) is 0 Å². The zero-order valence-corrected chi connectivity index (χ0v) is 12.7. The molecule has 19 heavy (non-hydrogen) atoms. The average Bonchev–Trinajstić information content (AvgIpc) is 2.85. The van der Waals surface area contributed by atoms with Gasteiger partial charge in [0.25, 0.3) is 0 Å². The molecule has 0 aliphatic heterocycles. The summed E-state index contributed by atoms with van der Waals surface area (Å²) < 4.78 is 28.3. The lowest BCUT2D eigenvalue weighted by atomic mass is 9.91. The van der Waals surface area contributed by atoms with Crippen LogP contribution in [-0.2, 0) is 17.1 Å². The van der Waals surface area contributed by atoms with Gasteiger partial charge < -0.3 is 9.88 Å². The number of rotatable bonds is 4. The largest absolute Gasteiger partial charge is 0.356 e. The topological polar surface area (TPSA) is 54.3 Å². The first-order valence-corrected chi connectivity index (χ1v) is 8.16. The highest BCUT2D eigenvalue weighted by atomic mass is 32.2. The molecule has 1 aromatic rings. The van der Waals surface area contributed by atoms with Crippen molar-refractivity contribution in [1.29, 1.82) is 0 Å². The van der Waals surface area contributed by atoms with E-state index in [4.69, 9.17) is 0 Å². The molecule has 0 atom stereocenters. The van der Waals surface area contributed by atoms with Gasteiger partial charge in [0.1, 0.15) is 0 Å². The SMILES string of the molecule is CNC1CCC(N(C)S(=O)(=O)c2ccn(C)c2)CC1. The zero-order chi connectivity index (χ0) is 14.0. The van der Waals surface area contributed by atoms with E-state index in [9.17, 15) is 8.42 Å². The maximum atomic E-state index is 12.5. The van der Waals surface area contributed by atoms with E-state index >= 15 is 0 Å². The summed E-state index contributed by atoms with van der Waals surface area (Å²) in [4.78, 5) is 0.383. The highest BCUT2D eigenvalue weighted by molar-refractivity contribution is 7.89. The number of sulfonamides is 1. The van der Waals surface area contributed by atoms with Gasteiger partial charge in [-0.15, -0.1) is 0 Å². The first kappa shape index (κ1) is 14.6. The summed E-state index contributed by atoms with van der Waals surface area (Å²) in [6, 6.07) is 2.31. The van der Waals surface area contributed by atoms with Gasteiger partial charge in [-0.25, -0.2) is 8.42 Å². The van der Waals surface area contributed by atoms with Crippen molar-refractivity contribution in [3.63, 3.8) is 0 Å². The van der Waals surface area contributed by atoms with Crippen LogP contribution in [0.3, 0.4) is 0 Å². The number of hydrogen-bond donors (Lipinski definition) is 1. The quantitative estimate of drug-likeness (QED) is 0.903. The molecular formula is C13H23N3O2S. The fourth-order valence-corrected chi connectivity index (χ4v) is 4.19. The van der Waals surface area contributed by atoms with E-state index in [-0.39, 0.29) is 6.04 Å². The lowest BCUT2D eigenvalue weighted by Crippen LogP contribution is -2.42. The Bertz CT molecular complexity index is 516. The third-order valence-corrected chi connectivity index (χ3v) is 5.99. The standard InChI is InChI=1S/C13H23N3O2S/c1-14-11-4-6-12(7-5-11)16(3)19(17,18)13-8-9-15(2)10-13/h8-12,14H,4-7H2,1-3H3. The molecule has 5 nitrogen and oxygen atoms in total. The van der Waals surface area contributed by atoms with Crippen LogP contribution in [0.1, 0.15) is 25.7 Å². The van der Waals surface area contributed by atoms with Crippen LogP contribution < -0.4 is 5.32 Å². The van der Waals surface area contributed by atoms with Crippen molar-refractivity contribution in [1.82, 2.24) is 14.2 Å². The maximum absolute atomic E-state index is 12.5. The summed E-state index contributed by atoms with van der Waals surface area (Å²) in [5.41, 5.74) is 0. The lowest BCUT2D eigenvalue weighted by Gasteiger charge is -2.33. The van der Waals surface area contributed by atoms with Gasteiger partial charge >= 0.3 is 0 Å². The molecule has 108 valence electrons. The lowest BCUT2D eigenvalue weighted by molar-refractivity contribution is 0.255. The number of aryl methyl sites for hydroxylation is 1. The normalized spacial score (nSPS) is 24.8. The van der Waals surface area contributed by atoms with Crippen molar-refractivity contribution < 1.29 is 8.42 Å². The van der Waals surface area contributed by atoms with E-state index in [0.717, 1.165) is 25.7 Å². The molecule has 0 spiro atoms. The molecule has 2 rings (SSSR count). The Kier molecular flexibility index (Phi) is 4.32. The van der Waals surface area contributed by atoms with Crippen LogP contribution in [0.4, 0.5) is 0 Å². The van der Waals surface area contributed by atoms with Gasteiger partial charge in [-0.05, 0) is 38.8 Å². The second kappa shape index (κ2) is 5.64. The van der Waals surface area contributed by atoms with Crippen molar-refractivity contribution >= 4 is 10.0 Å². The van der Waals surface area contributed by atoms with Crippen LogP contribution >= 0.6 is 0 Å². The summed E-state index contributed by atoms with van der Waals surface area (Å²) in [5, 5.41) is 3.27. The van der Waals surface area contributed by atoms with Crippen LogP contribution in [0.2, 0.25) is 0 Å². The Balaban J connectivity index is 2.09. The van der Waals surface area contributed by atoms with Gasteiger partial charge in [-0.2, -0.15) is 4.31 Å². The molecule has 0 radical (unpaired) electrons. The molecule has 0 saturated heterocycles. The molecule has 1 heterocycles. The highest BCUT2D eigenvalue weighted by Gasteiger charge is 2.31. The van der Waals surface area contributed by atoms with Gasteiger partial charge in [0.05, 0.1) is 4.90 Å². The van der Waals surface area contributed by atoms with E-state index < -0.39 is 10.0 Å². The van der Waals surface area contributed by atoms with Crippen molar-refractivity contribution in [3.05, 3.63) is 18.5 Å². The average molecular weight is 285 g/mol. The Hall–Kier alpha value is -0.850. The van der Waals surface area contributed by atoms with E-state index in [0.29, 0.717) is 10.9 Å². The van der Waals surface area contributed by atoms with Crippen LogP contribution in [0.25, 0.3) is 0 Å². The summed E-state index contributed by atoms with van der Waals surface area (Å²) in [7, 11) is 2.15. The Labute approximate surface area is 115 Å². The van der Waals surface area contributed by atoms with Crippen LogP contribution in [0.5, 0.6) is 0 Å². The number of nitrogens with one attached hydrogen (secondary N) is 1. The predicted octanol–water partition coefficient (Wildman–Crippen LogP) is 1.18. The zero-order valence-electron chi connectivity index (χ0n) is 11.8. The van der Waals surface area contributed by atoms with Crippen LogP contribution in [-0.4, -0.2) is 43.5 Å². The number of aromatic nitrogens is 1. The molecule has 1 fully saturated rings. The smallest absolute Gasteiger partial charge is 0.244 e. The van der Waals surface area contributed by atoms with Crippen LogP contribution in [0, 0.1) is 0 Å². The molecule has 1 saturated carbocycles. The van der Waals surface area contributed by atoms with Crippen LogP contribution in [0.15, 0.2) is 23.4 Å². The molecule has 0 aromatic carbocycles. The molecule has 1 aliphatic rings. The van der Waals surface area contributed by atoms with Crippen molar-refractivity contribution in [3.8, 4) is 0 Å². The molecule has 1 N–H and O–H groups in total. The summed E-state index contributed by atoms with van der Waals surface area (Å²) >= 11 is 0. The second-order valence-corrected chi connectivity index (χ2v) is 7.33. The molecule has 0 bridgehead atoms. The van der Waals surface area contributed by atoms with E-state index in [1.165, 1.54) is 0 Å².